The molecule has 0 bridgehead atoms. The fourth-order valence-corrected chi connectivity index (χ4v) is 1.98. The summed E-state index contributed by atoms with van der Waals surface area (Å²) in [4.78, 5) is 3.95. The molecule has 0 aliphatic rings. The maximum Gasteiger partial charge on any atom is 0.133 e. The Morgan fingerprint density at radius 3 is 2.79 bits per heavy atom. The van der Waals surface area contributed by atoms with Gasteiger partial charge in [-0.25, -0.2) is 4.98 Å². The highest BCUT2D eigenvalue weighted by Gasteiger charge is 2.10. The zero-order valence-electron chi connectivity index (χ0n) is 7.28. The van der Waals surface area contributed by atoms with Crippen molar-refractivity contribution in [3.63, 3.8) is 0 Å². The smallest absolute Gasteiger partial charge is 0.133 e. The molecule has 80 valence electrons. The Hall–Kier alpha value is 0.380. The first-order chi connectivity index (χ1) is 6.15. The van der Waals surface area contributed by atoms with E-state index in [2.05, 4.69) is 27.6 Å². The summed E-state index contributed by atoms with van der Waals surface area (Å²) < 4.78 is 1.03. The number of nitrogens with two attached hydrogens (primary N) is 1. The van der Waals surface area contributed by atoms with E-state index >= 15 is 0 Å². The molecular weight excluding hydrogens is 338 g/mol. The molecule has 1 aromatic heterocycles. The largest absolute Gasteiger partial charge is 0.395 e. The van der Waals surface area contributed by atoms with Crippen LogP contribution in [0.1, 0.15) is 5.56 Å². The first kappa shape index (κ1) is 14.4. The molecule has 1 aromatic rings. The second kappa shape index (κ2) is 6.79. The summed E-state index contributed by atoms with van der Waals surface area (Å²) >= 11 is 8.05. The standard InChI is InChI=1S/C8H10ClIN2O.ClH/c9-8-6(3-5(11)4-13)7(10)1-2-12-8;/h1-2,5,13H,3-4,11H2;1H. The van der Waals surface area contributed by atoms with Crippen LogP contribution in [0.25, 0.3) is 0 Å². The van der Waals surface area contributed by atoms with Gasteiger partial charge in [-0.05, 0) is 35.1 Å². The summed E-state index contributed by atoms with van der Waals surface area (Å²) in [6, 6.07) is 1.60. The molecule has 0 radical (unpaired) electrons. The molecule has 0 amide bonds. The first-order valence-electron chi connectivity index (χ1n) is 3.80. The quantitative estimate of drug-likeness (QED) is 0.644. The monoisotopic (exact) mass is 348 g/mol. The maximum atomic E-state index is 8.79. The van der Waals surface area contributed by atoms with Gasteiger partial charge < -0.3 is 10.8 Å². The minimum absolute atomic E-state index is 0. The van der Waals surface area contributed by atoms with Crippen molar-refractivity contribution < 1.29 is 5.11 Å². The van der Waals surface area contributed by atoms with E-state index in [1.807, 2.05) is 6.07 Å². The molecule has 3 N–H and O–H groups in total. The SMILES string of the molecule is Cl.NC(CO)Cc1c(I)ccnc1Cl. The van der Waals surface area contributed by atoms with Crippen LogP contribution in [0.3, 0.4) is 0 Å². The third kappa shape index (κ3) is 3.86. The van der Waals surface area contributed by atoms with E-state index in [1.165, 1.54) is 0 Å². The van der Waals surface area contributed by atoms with Gasteiger partial charge in [-0.3, -0.25) is 0 Å². The van der Waals surface area contributed by atoms with Crippen LogP contribution in [0.5, 0.6) is 0 Å². The molecule has 14 heavy (non-hydrogen) atoms. The van der Waals surface area contributed by atoms with Crippen molar-refractivity contribution in [2.45, 2.75) is 12.5 Å². The lowest BCUT2D eigenvalue weighted by Crippen LogP contribution is -2.27. The van der Waals surface area contributed by atoms with Crippen LogP contribution >= 0.6 is 46.6 Å². The summed E-state index contributed by atoms with van der Waals surface area (Å²) in [7, 11) is 0. The lowest BCUT2D eigenvalue weighted by atomic mass is 10.1. The van der Waals surface area contributed by atoms with Crippen molar-refractivity contribution in [2.75, 3.05) is 6.61 Å². The minimum Gasteiger partial charge on any atom is -0.395 e. The van der Waals surface area contributed by atoms with E-state index in [9.17, 15) is 0 Å². The van der Waals surface area contributed by atoms with Gasteiger partial charge >= 0.3 is 0 Å². The van der Waals surface area contributed by atoms with Gasteiger partial charge in [0.1, 0.15) is 5.15 Å². The molecule has 0 spiro atoms. The average molecular weight is 349 g/mol. The topological polar surface area (TPSA) is 59.1 Å². The number of aliphatic hydroxyl groups is 1. The Bertz CT molecular complexity index is 278. The maximum absolute atomic E-state index is 8.79. The molecule has 1 heterocycles. The van der Waals surface area contributed by atoms with Crippen LogP contribution in [-0.4, -0.2) is 22.7 Å². The van der Waals surface area contributed by atoms with Crippen molar-refractivity contribution in [1.82, 2.24) is 4.98 Å². The number of hydrogen-bond acceptors (Lipinski definition) is 3. The van der Waals surface area contributed by atoms with Gasteiger partial charge in [0.2, 0.25) is 0 Å². The fraction of sp³-hybridized carbons (Fsp3) is 0.375. The average Bonchev–Trinajstić information content (AvgIpc) is 2.11. The Labute approximate surface area is 108 Å². The molecule has 1 unspecified atom stereocenters. The molecule has 0 saturated heterocycles. The first-order valence-corrected chi connectivity index (χ1v) is 5.26. The lowest BCUT2D eigenvalue weighted by Gasteiger charge is -2.10. The van der Waals surface area contributed by atoms with E-state index in [0.717, 1.165) is 9.13 Å². The summed E-state index contributed by atoms with van der Waals surface area (Å²) in [6.45, 7) is -0.0404. The van der Waals surface area contributed by atoms with Crippen molar-refractivity contribution in [1.29, 1.82) is 0 Å². The van der Waals surface area contributed by atoms with Crippen molar-refractivity contribution in [3.8, 4) is 0 Å². The Morgan fingerprint density at radius 2 is 2.29 bits per heavy atom. The molecule has 1 atom stereocenters. The second-order valence-electron chi connectivity index (χ2n) is 2.71. The Balaban J connectivity index is 0.00000169. The van der Waals surface area contributed by atoms with E-state index in [0.29, 0.717) is 11.6 Å². The summed E-state index contributed by atoms with van der Waals surface area (Å²) in [6.07, 6.45) is 2.21. The normalized spacial score (nSPS) is 12.0. The minimum atomic E-state index is -0.268. The highest BCUT2D eigenvalue weighted by Crippen LogP contribution is 2.20. The van der Waals surface area contributed by atoms with Gasteiger partial charge in [-0.2, -0.15) is 0 Å². The number of rotatable bonds is 3. The molecule has 0 aliphatic carbocycles. The predicted molar refractivity (Wildman–Crippen MR) is 68.0 cm³/mol. The van der Waals surface area contributed by atoms with E-state index in [1.54, 1.807) is 6.20 Å². The lowest BCUT2D eigenvalue weighted by molar-refractivity contribution is 0.265. The second-order valence-corrected chi connectivity index (χ2v) is 4.23. The van der Waals surface area contributed by atoms with Gasteiger partial charge in [0.25, 0.3) is 0 Å². The summed E-state index contributed by atoms with van der Waals surface area (Å²) in [5.41, 5.74) is 6.51. The van der Waals surface area contributed by atoms with Crippen LogP contribution < -0.4 is 5.73 Å². The number of aliphatic hydroxyl groups excluding tert-OH is 1. The van der Waals surface area contributed by atoms with Crippen molar-refractivity contribution >= 4 is 46.6 Å². The number of pyridine rings is 1. The van der Waals surface area contributed by atoms with Crippen molar-refractivity contribution in [2.24, 2.45) is 5.73 Å². The highest BCUT2D eigenvalue weighted by atomic mass is 127. The van der Waals surface area contributed by atoms with Crippen LogP contribution in [0.4, 0.5) is 0 Å². The van der Waals surface area contributed by atoms with Crippen molar-refractivity contribution in [3.05, 3.63) is 26.5 Å². The molecule has 0 aliphatic heterocycles. The van der Waals surface area contributed by atoms with E-state index in [-0.39, 0.29) is 25.1 Å². The summed E-state index contributed by atoms with van der Waals surface area (Å²) in [5, 5.41) is 9.26. The fourth-order valence-electron chi connectivity index (χ4n) is 0.954. The van der Waals surface area contributed by atoms with Crippen LogP contribution in [0.15, 0.2) is 12.3 Å². The van der Waals surface area contributed by atoms with Gasteiger partial charge in [-0.1, -0.05) is 11.6 Å². The molecule has 1 rings (SSSR count). The highest BCUT2D eigenvalue weighted by molar-refractivity contribution is 14.1. The van der Waals surface area contributed by atoms with E-state index < -0.39 is 0 Å². The molecule has 0 aromatic carbocycles. The van der Waals surface area contributed by atoms with Gasteiger partial charge in [0.15, 0.2) is 0 Å². The Morgan fingerprint density at radius 1 is 1.64 bits per heavy atom. The number of halogens is 3. The predicted octanol–water partition coefficient (Wildman–Crippen LogP) is 1.62. The van der Waals surface area contributed by atoms with Gasteiger partial charge in [0.05, 0.1) is 6.61 Å². The number of hydrogen-bond donors (Lipinski definition) is 2. The van der Waals surface area contributed by atoms with Crippen LogP contribution in [-0.2, 0) is 6.42 Å². The Kier molecular flexibility index (Phi) is 6.97. The third-order valence-corrected chi connectivity index (χ3v) is 2.98. The van der Waals surface area contributed by atoms with Gasteiger partial charge in [0, 0.05) is 21.4 Å². The zero-order valence-corrected chi connectivity index (χ0v) is 11.0. The summed E-state index contributed by atoms with van der Waals surface area (Å²) in [5.74, 6) is 0. The third-order valence-electron chi connectivity index (χ3n) is 1.65. The van der Waals surface area contributed by atoms with Gasteiger partial charge in [-0.15, -0.1) is 12.4 Å². The molecular formula is C8H11Cl2IN2O. The van der Waals surface area contributed by atoms with Crippen LogP contribution in [0, 0.1) is 3.57 Å². The molecule has 0 fully saturated rings. The van der Waals surface area contributed by atoms with Crippen LogP contribution in [0.2, 0.25) is 5.15 Å². The van der Waals surface area contributed by atoms with E-state index in [4.69, 9.17) is 22.4 Å². The molecule has 0 saturated carbocycles. The number of aromatic nitrogens is 1. The molecule has 3 nitrogen and oxygen atoms in total. The zero-order chi connectivity index (χ0) is 9.84. The number of nitrogens with zero attached hydrogens (tertiary/aromatic N) is 1. The molecule has 6 heteroatoms.